The van der Waals surface area contributed by atoms with Gasteiger partial charge in [-0.1, -0.05) is 42.8 Å². The normalized spacial score (nSPS) is 16.9. The molecule has 1 heterocycles. The van der Waals surface area contributed by atoms with Crippen molar-refractivity contribution in [3.05, 3.63) is 65.2 Å². The summed E-state index contributed by atoms with van der Waals surface area (Å²) in [5.74, 6) is -2.04. The number of para-hydroxylation sites is 1. The minimum absolute atomic E-state index is 0. The molecule has 1 saturated carbocycles. The molecule has 5 N–H and O–H groups in total. The maximum absolute atomic E-state index is 12.6. The molecular formula is C26H28LiN5O5. The van der Waals surface area contributed by atoms with Crippen LogP contribution >= 0.6 is 0 Å². The van der Waals surface area contributed by atoms with Gasteiger partial charge in [-0.3, -0.25) is 9.59 Å². The van der Waals surface area contributed by atoms with Crippen molar-refractivity contribution in [1.29, 1.82) is 0 Å². The Morgan fingerprint density at radius 3 is 2.49 bits per heavy atom. The predicted molar refractivity (Wildman–Crippen MR) is 131 cm³/mol. The first-order valence-electron chi connectivity index (χ1n) is 11.7. The zero-order valence-corrected chi connectivity index (χ0v) is 20.9. The largest absolute Gasteiger partial charge is 1.00 e. The summed E-state index contributed by atoms with van der Waals surface area (Å²) < 4.78 is 6.76. The van der Waals surface area contributed by atoms with E-state index in [0.29, 0.717) is 48.3 Å². The van der Waals surface area contributed by atoms with Crippen molar-refractivity contribution in [2.45, 2.75) is 38.3 Å². The number of carbonyl (C=O) groups excluding carboxylic acids is 3. The summed E-state index contributed by atoms with van der Waals surface area (Å²) in [6, 6.07) is 13.9. The van der Waals surface area contributed by atoms with Crippen molar-refractivity contribution in [2.75, 3.05) is 12.8 Å². The number of aliphatic carboxylic acids is 1. The number of carboxylic acids is 1. The van der Waals surface area contributed by atoms with Crippen molar-refractivity contribution in [2.24, 2.45) is 11.7 Å². The third-order valence-electron chi connectivity index (χ3n) is 6.55. The van der Waals surface area contributed by atoms with Crippen LogP contribution in [-0.4, -0.2) is 34.7 Å². The minimum atomic E-state index is -1.09. The summed E-state index contributed by atoms with van der Waals surface area (Å²) in [4.78, 5) is 36.2. The maximum atomic E-state index is 12.6. The van der Waals surface area contributed by atoms with E-state index >= 15 is 0 Å². The Labute approximate surface area is 226 Å². The molecule has 2 amide bonds. The summed E-state index contributed by atoms with van der Waals surface area (Å²) in [7, 11) is 1.51. The summed E-state index contributed by atoms with van der Waals surface area (Å²) in [6.45, 7) is 0.281. The Morgan fingerprint density at radius 1 is 1.14 bits per heavy atom. The van der Waals surface area contributed by atoms with Crippen LogP contribution in [0.25, 0.3) is 11.3 Å². The summed E-state index contributed by atoms with van der Waals surface area (Å²) in [5.41, 5.74) is 14.2. The second kappa shape index (κ2) is 12.0. The third-order valence-corrected chi connectivity index (χ3v) is 6.55. The second-order valence-electron chi connectivity index (χ2n) is 8.83. The number of carbonyl (C=O) groups is 3. The molecule has 2 unspecified atom stereocenters. The molecule has 0 radical (unpaired) electrons. The van der Waals surface area contributed by atoms with E-state index in [0.717, 1.165) is 5.56 Å². The van der Waals surface area contributed by atoms with Crippen LogP contribution in [0.2, 0.25) is 0 Å². The van der Waals surface area contributed by atoms with Crippen LogP contribution in [-0.2, 0) is 11.3 Å². The standard InChI is InChI=1S/C26H29N5O5.Li/c1-36-20-8-3-2-7-19(20)25(33)29-14-15-9-11-16(12-10-15)22-21(24(28)32)23(27)31(30-22)18-6-4-5-17(13-18)26(34)35;/h2-3,7-12,17-18H,4-6,13-14,27H2,1H3,(H2,28,32)(H,29,33)(H,34,35);/q;+1/p-1. The van der Waals surface area contributed by atoms with E-state index < -0.39 is 17.8 Å². The molecule has 2 atom stereocenters. The summed E-state index contributed by atoms with van der Waals surface area (Å²) >= 11 is 0. The van der Waals surface area contributed by atoms with Crippen LogP contribution in [0.4, 0.5) is 5.82 Å². The molecule has 3 aromatic rings. The van der Waals surface area contributed by atoms with Gasteiger partial charge in [0.1, 0.15) is 22.8 Å². The number of amides is 2. The number of hydrogen-bond acceptors (Lipinski definition) is 7. The van der Waals surface area contributed by atoms with Crippen LogP contribution in [0.15, 0.2) is 48.5 Å². The molecule has 188 valence electrons. The molecule has 0 spiro atoms. The molecule has 1 fully saturated rings. The number of benzene rings is 2. The van der Waals surface area contributed by atoms with Gasteiger partial charge < -0.3 is 31.4 Å². The molecule has 0 bridgehead atoms. The summed E-state index contributed by atoms with van der Waals surface area (Å²) in [5, 5.41) is 18.8. The molecule has 1 aliphatic carbocycles. The van der Waals surface area contributed by atoms with Crippen LogP contribution in [0.3, 0.4) is 0 Å². The van der Waals surface area contributed by atoms with E-state index in [-0.39, 0.29) is 48.7 Å². The van der Waals surface area contributed by atoms with Crippen molar-refractivity contribution in [3.8, 4) is 17.0 Å². The van der Waals surface area contributed by atoms with Crippen molar-refractivity contribution < 1.29 is 43.1 Å². The third kappa shape index (κ3) is 5.98. The number of primary amides is 1. The van der Waals surface area contributed by atoms with Gasteiger partial charge in [-0.15, -0.1) is 0 Å². The van der Waals surface area contributed by atoms with E-state index in [1.807, 2.05) is 12.1 Å². The topological polar surface area (TPSA) is 165 Å². The Morgan fingerprint density at radius 2 is 1.84 bits per heavy atom. The molecule has 0 aliphatic heterocycles. The fourth-order valence-corrected chi connectivity index (χ4v) is 4.66. The number of aromatic nitrogens is 2. The number of nitrogen functional groups attached to an aromatic ring is 1. The van der Waals surface area contributed by atoms with Crippen molar-refractivity contribution >= 4 is 23.6 Å². The van der Waals surface area contributed by atoms with Crippen LogP contribution in [0.1, 0.15) is 58.0 Å². The average molecular weight is 497 g/mol. The van der Waals surface area contributed by atoms with Gasteiger partial charge in [-0.05, 0) is 37.0 Å². The number of ether oxygens (including phenoxy) is 1. The average Bonchev–Trinajstić information content (AvgIpc) is 3.24. The Bertz CT molecular complexity index is 1290. The Hall–Kier alpha value is -3.74. The number of nitrogens with zero attached hydrogens (tertiary/aromatic N) is 2. The molecule has 1 aliphatic rings. The molecule has 10 nitrogen and oxygen atoms in total. The van der Waals surface area contributed by atoms with E-state index in [1.165, 1.54) is 11.8 Å². The first-order valence-corrected chi connectivity index (χ1v) is 11.7. The van der Waals surface area contributed by atoms with Gasteiger partial charge in [0, 0.05) is 24.0 Å². The number of carboxylic acid groups (broad SMARTS) is 1. The van der Waals surface area contributed by atoms with Crippen molar-refractivity contribution in [1.82, 2.24) is 15.1 Å². The van der Waals surface area contributed by atoms with Crippen LogP contribution in [0.5, 0.6) is 5.75 Å². The SMILES string of the molecule is COc1ccccc1C(=O)NCc1ccc(-c2nn(C3CCCC(C(=O)[O-])C3)c(N)c2C(N)=O)cc1.[Li+]. The van der Waals surface area contributed by atoms with E-state index in [9.17, 15) is 19.5 Å². The first-order chi connectivity index (χ1) is 17.3. The van der Waals surface area contributed by atoms with Crippen LogP contribution < -0.4 is 45.5 Å². The number of methoxy groups -OCH3 is 1. The van der Waals surface area contributed by atoms with E-state index in [1.54, 1.807) is 36.4 Å². The quantitative estimate of drug-likeness (QED) is 0.324. The fraction of sp³-hybridized carbons (Fsp3) is 0.308. The number of nitrogens with one attached hydrogen (secondary N) is 1. The van der Waals surface area contributed by atoms with Gasteiger partial charge in [0.05, 0.1) is 18.7 Å². The fourth-order valence-electron chi connectivity index (χ4n) is 4.66. The molecular weight excluding hydrogens is 469 g/mol. The van der Waals surface area contributed by atoms with E-state index in [4.69, 9.17) is 16.2 Å². The van der Waals surface area contributed by atoms with Gasteiger partial charge in [-0.25, -0.2) is 4.68 Å². The maximum Gasteiger partial charge on any atom is 1.00 e. The smallest absolute Gasteiger partial charge is 0.550 e. The van der Waals surface area contributed by atoms with Gasteiger partial charge in [0.15, 0.2) is 0 Å². The van der Waals surface area contributed by atoms with Gasteiger partial charge in [0.25, 0.3) is 11.8 Å². The number of rotatable bonds is 8. The molecule has 4 rings (SSSR count). The number of nitrogens with two attached hydrogens (primary N) is 2. The molecule has 37 heavy (non-hydrogen) atoms. The Balaban J connectivity index is 0.00000380. The van der Waals surface area contributed by atoms with Crippen molar-refractivity contribution in [3.63, 3.8) is 0 Å². The molecule has 0 saturated heterocycles. The number of anilines is 1. The molecule has 11 heteroatoms. The van der Waals surface area contributed by atoms with Crippen LogP contribution in [0, 0.1) is 5.92 Å². The van der Waals surface area contributed by atoms with Gasteiger partial charge in [0.2, 0.25) is 0 Å². The molecule has 1 aromatic heterocycles. The molecule has 2 aromatic carbocycles. The van der Waals surface area contributed by atoms with E-state index in [2.05, 4.69) is 10.4 Å². The zero-order valence-electron chi connectivity index (χ0n) is 20.9. The minimum Gasteiger partial charge on any atom is -0.550 e. The number of hydrogen-bond donors (Lipinski definition) is 3. The second-order valence-corrected chi connectivity index (χ2v) is 8.83. The summed E-state index contributed by atoms with van der Waals surface area (Å²) in [6.07, 6.45) is 2.26. The zero-order chi connectivity index (χ0) is 25.8. The van der Waals surface area contributed by atoms with Gasteiger partial charge in [-0.2, -0.15) is 5.10 Å². The first kappa shape index (κ1) is 27.8. The monoisotopic (exact) mass is 497 g/mol. The Kier molecular flexibility index (Phi) is 9.03. The van der Waals surface area contributed by atoms with Gasteiger partial charge >= 0.3 is 18.9 Å². The predicted octanol–water partition coefficient (Wildman–Crippen LogP) is -1.34.